The molecule has 70 valence electrons. The summed E-state index contributed by atoms with van der Waals surface area (Å²) in [4.78, 5) is 0. The predicted molar refractivity (Wildman–Crippen MR) is 43.6 cm³/mol. The average Bonchev–Trinajstić information content (AvgIpc) is 1.95. The molecule has 0 radical (unpaired) electrons. The van der Waals surface area contributed by atoms with Crippen LogP contribution in [0.3, 0.4) is 0 Å². The van der Waals surface area contributed by atoms with Crippen LogP contribution in [0.25, 0.3) is 0 Å². The van der Waals surface area contributed by atoms with Gasteiger partial charge in [-0.15, -0.1) is 0 Å². The van der Waals surface area contributed by atoms with Gasteiger partial charge in [0.2, 0.25) is 0 Å². The molecule has 0 spiro atoms. The molecule has 0 fully saturated rings. The van der Waals surface area contributed by atoms with Crippen molar-refractivity contribution in [2.45, 2.75) is 40.8 Å². The second kappa shape index (κ2) is 9.53. The van der Waals surface area contributed by atoms with Crippen molar-refractivity contribution in [3.8, 4) is 0 Å². The van der Waals surface area contributed by atoms with E-state index in [1.165, 1.54) is 0 Å². The fraction of sp³-hybridized carbons (Fsp3) is 0.750. The number of hydrogen-bond acceptors (Lipinski definition) is 0. The van der Waals surface area contributed by atoms with E-state index in [0.29, 0.717) is 0 Å². The van der Waals surface area contributed by atoms with Gasteiger partial charge in [0, 0.05) is 5.57 Å². The lowest BCUT2D eigenvalue weighted by Crippen LogP contribution is -2.06. The van der Waals surface area contributed by atoms with Gasteiger partial charge in [-0.3, -0.25) is 0 Å². The molecule has 0 aliphatic rings. The topological polar surface area (TPSA) is 0 Å². The molecule has 0 N–H and O–H groups in total. The first kappa shape index (κ1) is 16.9. The summed E-state index contributed by atoms with van der Waals surface area (Å²) in [6.07, 6.45) is -4.19. The molecule has 0 saturated heterocycles. The van der Waals surface area contributed by atoms with Gasteiger partial charge < -0.3 is 0 Å². The number of alkyl halides is 3. The summed E-state index contributed by atoms with van der Waals surface area (Å²) in [5.74, 6) is 0. The van der Waals surface area contributed by atoms with E-state index in [9.17, 15) is 13.2 Å². The lowest BCUT2D eigenvalue weighted by molar-refractivity contribution is -0.0909. The highest BCUT2D eigenvalue weighted by Crippen LogP contribution is 2.22. The summed E-state index contributed by atoms with van der Waals surface area (Å²) in [6, 6.07) is 0. The van der Waals surface area contributed by atoms with Crippen LogP contribution in [0.2, 0.25) is 0 Å². The molecule has 0 aromatic heterocycles. The van der Waals surface area contributed by atoms with E-state index in [1.54, 1.807) is 0 Å². The van der Waals surface area contributed by atoms with Crippen LogP contribution in [0.15, 0.2) is 12.2 Å². The summed E-state index contributed by atoms with van der Waals surface area (Å²) in [7, 11) is 0. The number of hydrogen-bond donors (Lipinski definition) is 0. The number of halogens is 3. The summed E-state index contributed by atoms with van der Waals surface area (Å²) in [6.45, 7) is 11.6. The van der Waals surface area contributed by atoms with Crippen LogP contribution < -0.4 is 0 Å². The van der Waals surface area contributed by atoms with Crippen LogP contribution in [-0.2, 0) is 0 Å². The zero-order chi connectivity index (χ0) is 10.1. The van der Waals surface area contributed by atoms with Gasteiger partial charge in [0.15, 0.2) is 0 Å². The zero-order valence-electron chi connectivity index (χ0n) is 7.84. The smallest absolute Gasteiger partial charge is 0.167 e. The van der Waals surface area contributed by atoms with Crippen molar-refractivity contribution >= 4 is 0 Å². The predicted octanol–water partition coefficient (Wildman–Crippen LogP) is 4.18. The van der Waals surface area contributed by atoms with Crippen molar-refractivity contribution in [2.24, 2.45) is 0 Å². The van der Waals surface area contributed by atoms with Crippen LogP contribution in [0.4, 0.5) is 13.2 Å². The standard InChI is InChI=1S/C4H5F3.2C2H6/c1-3(2)4(5,6)7;2*1-2/h1H2,2H3;2*1-2H3. The molecule has 0 saturated carbocycles. The molecule has 0 aromatic rings. The minimum atomic E-state index is -4.19. The van der Waals surface area contributed by atoms with Gasteiger partial charge in [0.1, 0.15) is 0 Å². The van der Waals surface area contributed by atoms with E-state index in [2.05, 4.69) is 6.58 Å². The third-order valence-electron chi connectivity index (χ3n) is 0.484. The van der Waals surface area contributed by atoms with Crippen LogP contribution >= 0.6 is 0 Å². The summed E-state index contributed by atoms with van der Waals surface area (Å²) < 4.78 is 33.2. The van der Waals surface area contributed by atoms with Crippen molar-refractivity contribution in [1.29, 1.82) is 0 Å². The molecule has 0 aliphatic carbocycles. The van der Waals surface area contributed by atoms with Crippen molar-refractivity contribution in [3.63, 3.8) is 0 Å². The second-order valence-corrected chi connectivity index (χ2v) is 1.28. The Balaban J connectivity index is -0.000000138. The van der Waals surface area contributed by atoms with Gasteiger partial charge >= 0.3 is 6.18 Å². The average molecular weight is 170 g/mol. The zero-order valence-corrected chi connectivity index (χ0v) is 7.84. The molecule has 0 heterocycles. The lowest BCUT2D eigenvalue weighted by Gasteiger charge is -2.01. The highest BCUT2D eigenvalue weighted by molar-refractivity contribution is 4.96. The highest BCUT2D eigenvalue weighted by atomic mass is 19.4. The summed E-state index contributed by atoms with van der Waals surface area (Å²) in [5, 5.41) is 0. The summed E-state index contributed by atoms with van der Waals surface area (Å²) >= 11 is 0. The molecule has 0 unspecified atom stereocenters. The molecule has 0 aromatic carbocycles. The van der Waals surface area contributed by atoms with E-state index >= 15 is 0 Å². The second-order valence-electron chi connectivity index (χ2n) is 1.28. The van der Waals surface area contributed by atoms with Crippen molar-refractivity contribution in [3.05, 3.63) is 12.2 Å². The molecular weight excluding hydrogens is 153 g/mol. The molecule has 3 heteroatoms. The quantitative estimate of drug-likeness (QED) is 0.478. The van der Waals surface area contributed by atoms with Crippen molar-refractivity contribution in [2.75, 3.05) is 0 Å². The first-order valence-electron chi connectivity index (χ1n) is 3.67. The fourth-order valence-electron chi connectivity index (χ4n) is 0. The largest absolute Gasteiger partial charge is 0.411 e. The Labute approximate surface area is 67.1 Å². The van der Waals surface area contributed by atoms with E-state index in [0.717, 1.165) is 6.92 Å². The maximum Gasteiger partial charge on any atom is 0.411 e. The van der Waals surface area contributed by atoms with E-state index in [4.69, 9.17) is 0 Å². The van der Waals surface area contributed by atoms with E-state index < -0.39 is 11.7 Å². The van der Waals surface area contributed by atoms with Crippen LogP contribution in [0, 0.1) is 0 Å². The molecule has 0 atom stereocenters. The third kappa shape index (κ3) is 17.7. The molecule has 0 bridgehead atoms. The van der Waals surface area contributed by atoms with Crippen molar-refractivity contribution < 1.29 is 13.2 Å². The van der Waals surface area contributed by atoms with Crippen LogP contribution in [0.1, 0.15) is 34.6 Å². The van der Waals surface area contributed by atoms with Crippen LogP contribution in [-0.4, -0.2) is 6.18 Å². The van der Waals surface area contributed by atoms with Gasteiger partial charge in [0.05, 0.1) is 0 Å². The Bertz CT molecular complexity index is 81.8. The van der Waals surface area contributed by atoms with Gasteiger partial charge in [-0.25, -0.2) is 0 Å². The molecular formula is C8H17F3. The minimum Gasteiger partial charge on any atom is -0.167 e. The highest BCUT2D eigenvalue weighted by Gasteiger charge is 2.27. The Hall–Kier alpha value is -0.470. The molecule has 0 rings (SSSR count). The van der Waals surface area contributed by atoms with Gasteiger partial charge in [0.25, 0.3) is 0 Å². The molecule has 11 heavy (non-hydrogen) atoms. The first-order valence-corrected chi connectivity index (χ1v) is 3.67. The van der Waals surface area contributed by atoms with E-state index in [1.807, 2.05) is 27.7 Å². The minimum absolute atomic E-state index is 0.757. The van der Waals surface area contributed by atoms with Gasteiger partial charge in [-0.1, -0.05) is 34.3 Å². The Morgan fingerprint density at radius 2 is 1.09 bits per heavy atom. The van der Waals surface area contributed by atoms with Crippen LogP contribution in [0.5, 0.6) is 0 Å². The first-order chi connectivity index (χ1) is 4.94. The molecule has 0 aliphatic heterocycles. The Kier molecular flexibility index (Phi) is 14.6. The Morgan fingerprint density at radius 3 is 1.09 bits per heavy atom. The maximum atomic E-state index is 11.1. The summed E-state index contributed by atoms with van der Waals surface area (Å²) in [5.41, 5.74) is -0.757. The molecule has 0 amide bonds. The fourth-order valence-corrected chi connectivity index (χ4v) is 0. The monoisotopic (exact) mass is 170 g/mol. The van der Waals surface area contributed by atoms with Gasteiger partial charge in [-0.2, -0.15) is 13.2 Å². The number of allylic oxidation sites excluding steroid dienone is 1. The Morgan fingerprint density at radius 1 is 1.00 bits per heavy atom. The van der Waals surface area contributed by atoms with Crippen molar-refractivity contribution in [1.82, 2.24) is 0 Å². The third-order valence-corrected chi connectivity index (χ3v) is 0.484. The maximum absolute atomic E-state index is 11.1. The number of rotatable bonds is 0. The van der Waals surface area contributed by atoms with E-state index in [-0.39, 0.29) is 0 Å². The van der Waals surface area contributed by atoms with Gasteiger partial charge in [-0.05, 0) is 6.92 Å². The lowest BCUT2D eigenvalue weighted by atomic mass is 10.3. The SMILES string of the molecule is C=C(C)C(F)(F)F.CC.CC. The normalized spacial score (nSPS) is 8.36. The molecule has 0 nitrogen and oxygen atoms in total.